The first-order valence-corrected chi connectivity index (χ1v) is 6.48. The first-order chi connectivity index (χ1) is 9.61. The fourth-order valence-corrected chi connectivity index (χ4v) is 2.08. The molecule has 0 fully saturated rings. The van der Waals surface area contributed by atoms with Gasteiger partial charge < -0.3 is 4.74 Å². The number of amides is 1. The summed E-state index contributed by atoms with van der Waals surface area (Å²) in [5, 5.41) is 0.454. The molecule has 3 N–H and O–H groups in total. The topological polar surface area (TPSA) is 64.3 Å². The second kappa shape index (κ2) is 6.41. The molecule has 104 valence electrons. The van der Waals surface area contributed by atoms with Crippen LogP contribution in [-0.2, 0) is 4.79 Å². The highest BCUT2D eigenvalue weighted by atomic mass is 35.5. The zero-order chi connectivity index (χ0) is 14.5. The van der Waals surface area contributed by atoms with Gasteiger partial charge in [0.05, 0.1) is 5.02 Å². The van der Waals surface area contributed by atoms with Crippen LogP contribution in [0.1, 0.15) is 17.2 Å². The molecule has 2 aromatic carbocycles. The summed E-state index contributed by atoms with van der Waals surface area (Å²) in [6.45, 7) is 1.93. The van der Waals surface area contributed by atoms with Crippen LogP contribution in [0.4, 0.5) is 0 Å². The van der Waals surface area contributed by atoms with Crippen LogP contribution in [-0.4, -0.2) is 5.91 Å². The molecule has 0 aliphatic rings. The fourth-order valence-electron chi connectivity index (χ4n) is 1.80. The number of hydrazine groups is 1. The normalized spacial score (nSPS) is 11.8. The monoisotopic (exact) mass is 290 g/mol. The third-order valence-electron chi connectivity index (χ3n) is 2.81. The van der Waals surface area contributed by atoms with Gasteiger partial charge in [-0.3, -0.25) is 10.2 Å². The molecule has 0 saturated carbocycles. The SMILES string of the molecule is Cc1ccc(OC(C(=O)NN)c2ccccc2)c(Cl)c1. The summed E-state index contributed by atoms with van der Waals surface area (Å²) in [6, 6.07) is 14.5. The van der Waals surface area contributed by atoms with E-state index in [1.54, 1.807) is 24.3 Å². The molecule has 1 unspecified atom stereocenters. The summed E-state index contributed by atoms with van der Waals surface area (Å²) < 4.78 is 5.72. The van der Waals surface area contributed by atoms with Crippen molar-refractivity contribution >= 4 is 17.5 Å². The van der Waals surface area contributed by atoms with E-state index >= 15 is 0 Å². The van der Waals surface area contributed by atoms with Gasteiger partial charge in [-0.2, -0.15) is 0 Å². The van der Waals surface area contributed by atoms with E-state index < -0.39 is 12.0 Å². The van der Waals surface area contributed by atoms with Crippen LogP contribution in [0.2, 0.25) is 5.02 Å². The first-order valence-electron chi connectivity index (χ1n) is 6.10. The van der Waals surface area contributed by atoms with E-state index in [1.807, 2.05) is 31.2 Å². The minimum Gasteiger partial charge on any atom is -0.474 e. The molecular formula is C15H15ClN2O2. The average molecular weight is 291 g/mol. The summed E-state index contributed by atoms with van der Waals surface area (Å²) in [6.07, 6.45) is -0.846. The van der Waals surface area contributed by atoms with Crippen molar-refractivity contribution in [2.75, 3.05) is 0 Å². The van der Waals surface area contributed by atoms with Gasteiger partial charge in [0.1, 0.15) is 5.75 Å². The second-order valence-corrected chi connectivity index (χ2v) is 4.76. The highest BCUT2D eigenvalue weighted by molar-refractivity contribution is 6.32. The van der Waals surface area contributed by atoms with Gasteiger partial charge in [0.25, 0.3) is 5.91 Å². The van der Waals surface area contributed by atoms with E-state index in [4.69, 9.17) is 22.2 Å². The van der Waals surface area contributed by atoms with Gasteiger partial charge in [-0.05, 0) is 24.6 Å². The Morgan fingerprint density at radius 1 is 1.25 bits per heavy atom. The molecule has 0 spiro atoms. The van der Waals surface area contributed by atoms with Crippen LogP contribution in [0, 0.1) is 6.92 Å². The van der Waals surface area contributed by atoms with Gasteiger partial charge in [-0.1, -0.05) is 48.0 Å². The quantitative estimate of drug-likeness (QED) is 0.517. The number of carbonyl (C=O) groups excluding carboxylic acids is 1. The Bertz CT molecular complexity index is 602. The van der Waals surface area contributed by atoms with E-state index in [1.165, 1.54) is 0 Å². The minimum absolute atomic E-state index is 0.437. The van der Waals surface area contributed by atoms with Crippen molar-refractivity contribution in [2.45, 2.75) is 13.0 Å². The Kier molecular flexibility index (Phi) is 4.61. The smallest absolute Gasteiger partial charge is 0.279 e. The maximum atomic E-state index is 11.9. The number of nitrogens with two attached hydrogens (primary N) is 1. The van der Waals surface area contributed by atoms with Crippen molar-refractivity contribution in [2.24, 2.45) is 5.84 Å². The number of aryl methyl sites for hydroxylation is 1. The van der Waals surface area contributed by atoms with Crippen LogP contribution in [0.25, 0.3) is 0 Å². The van der Waals surface area contributed by atoms with E-state index in [-0.39, 0.29) is 0 Å². The molecule has 20 heavy (non-hydrogen) atoms. The standard InChI is InChI=1S/C15H15ClN2O2/c1-10-7-8-13(12(16)9-10)20-14(15(19)18-17)11-5-3-2-4-6-11/h2-9,14H,17H2,1H3,(H,18,19). The average Bonchev–Trinajstić information content (AvgIpc) is 2.46. The van der Waals surface area contributed by atoms with Crippen molar-refractivity contribution in [3.05, 3.63) is 64.7 Å². The van der Waals surface area contributed by atoms with Gasteiger partial charge in [-0.25, -0.2) is 5.84 Å². The molecule has 0 radical (unpaired) electrons. The predicted molar refractivity (Wildman–Crippen MR) is 78.3 cm³/mol. The lowest BCUT2D eigenvalue weighted by Gasteiger charge is -2.18. The van der Waals surface area contributed by atoms with Crippen LogP contribution in [0.3, 0.4) is 0 Å². The number of hydrogen-bond acceptors (Lipinski definition) is 3. The number of halogens is 1. The molecule has 1 amide bonds. The van der Waals surface area contributed by atoms with Gasteiger partial charge in [0, 0.05) is 5.56 Å². The van der Waals surface area contributed by atoms with E-state index in [0.29, 0.717) is 16.3 Å². The van der Waals surface area contributed by atoms with Crippen molar-refractivity contribution in [3.63, 3.8) is 0 Å². The molecule has 0 bridgehead atoms. The maximum absolute atomic E-state index is 11.9. The minimum atomic E-state index is -0.846. The summed E-state index contributed by atoms with van der Waals surface area (Å²) in [5.74, 6) is 5.22. The Morgan fingerprint density at radius 3 is 2.55 bits per heavy atom. The predicted octanol–water partition coefficient (Wildman–Crippen LogP) is 2.76. The third kappa shape index (κ3) is 3.29. The van der Waals surface area contributed by atoms with Crippen molar-refractivity contribution < 1.29 is 9.53 Å². The highest BCUT2D eigenvalue weighted by Gasteiger charge is 2.22. The summed E-state index contributed by atoms with van der Waals surface area (Å²) in [7, 11) is 0. The summed E-state index contributed by atoms with van der Waals surface area (Å²) in [4.78, 5) is 11.9. The maximum Gasteiger partial charge on any atom is 0.279 e. The van der Waals surface area contributed by atoms with Gasteiger partial charge in [0.2, 0.25) is 6.10 Å². The summed E-state index contributed by atoms with van der Waals surface area (Å²) in [5.41, 5.74) is 3.82. The second-order valence-electron chi connectivity index (χ2n) is 4.35. The van der Waals surface area contributed by atoms with E-state index in [0.717, 1.165) is 5.56 Å². The van der Waals surface area contributed by atoms with E-state index in [2.05, 4.69) is 5.43 Å². The highest BCUT2D eigenvalue weighted by Crippen LogP contribution is 2.30. The van der Waals surface area contributed by atoms with Gasteiger partial charge >= 0.3 is 0 Å². The van der Waals surface area contributed by atoms with Gasteiger partial charge in [-0.15, -0.1) is 0 Å². The Labute approximate surface area is 122 Å². The number of benzene rings is 2. The number of hydrogen-bond donors (Lipinski definition) is 2. The van der Waals surface area contributed by atoms with Crippen LogP contribution in [0.5, 0.6) is 5.75 Å². The lowest BCUT2D eigenvalue weighted by atomic mass is 10.1. The molecule has 2 rings (SSSR count). The third-order valence-corrected chi connectivity index (χ3v) is 3.11. The Morgan fingerprint density at radius 2 is 1.95 bits per heavy atom. The van der Waals surface area contributed by atoms with E-state index in [9.17, 15) is 4.79 Å². The number of ether oxygens (including phenoxy) is 1. The molecule has 4 nitrogen and oxygen atoms in total. The Hall–Kier alpha value is -2.04. The Balaban J connectivity index is 2.31. The van der Waals surface area contributed by atoms with Gasteiger partial charge in [0.15, 0.2) is 0 Å². The number of rotatable bonds is 4. The molecular weight excluding hydrogens is 276 g/mol. The molecule has 5 heteroatoms. The fraction of sp³-hybridized carbons (Fsp3) is 0.133. The first kappa shape index (κ1) is 14.4. The number of carbonyl (C=O) groups is 1. The lowest BCUT2D eigenvalue weighted by molar-refractivity contribution is -0.128. The van der Waals surface area contributed by atoms with Crippen LogP contribution < -0.4 is 16.0 Å². The lowest BCUT2D eigenvalue weighted by Crippen LogP contribution is -2.37. The molecule has 2 aromatic rings. The van der Waals surface area contributed by atoms with Crippen LogP contribution in [0.15, 0.2) is 48.5 Å². The number of nitrogens with one attached hydrogen (secondary N) is 1. The zero-order valence-corrected chi connectivity index (χ0v) is 11.7. The zero-order valence-electron chi connectivity index (χ0n) is 11.0. The molecule has 0 saturated heterocycles. The largest absolute Gasteiger partial charge is 0.474 e. The molecule has 0 aromatic heterocycles. The molecule has 1 atom stereocenters. The summed E-state index contributed by atoms with van der Waals surface area (Å²) >= 11 is 6.12. The van der Waals surface area contributed by atoms with Crippen molar-refractivity contribution in [3.8, 4) is 5.75 Å². The molecule has 0 aliphatic heterocycles. The van der Waals surface area contributed by atoms with Crippen LogP contribution >= 0.6 is 11.6 Å². The molecule has 0 aliphatic carbocycles. The van der Waals surface area contributed by atoms with Crippen molar-refractivity contribution in [1.82, 2.24) is 5.43 Å². The molecule has 0 heterocycles. The van der Waals surface area contributed by atoms with Crippen molar-refractivity contribution in [1.29, 1.82) is 0 Å².